The lowest BCUT2D eigenvalue weighted by molar-refractivity contribution is -0.127. The van der Waals surface area contributed by atoms with Crippen LogP contribution in [0.4, 0.5) is 37.7 Å². The maximum Gasteiger partial charge on any atom is 0.393 e. The predicted molar refractivity (Wildman–Crippen MR) is 161 cm³/mol. The lowest BCUT2D eigenvalue weighted by Crippen LogP contribution is -2.53. The lowest BCUT2D eigenvalue weighted by atomic mass is 10.0. The van der Waals surface area contributed by atoms with E-state index in [0.717, 1.165) is 30.4 Å². The number of carbonyl (C=O) groups excluding carboxylic acids is 1. The van der Waals surface area contributed by atoms with Crippen LogP contribution in [0, 0.1) is 17.7 Å². The topological polar surface area (TPSA) is 120 Å². The van der Waals surface area contributed by atoms with E-state index in [9.17, 15) is 39.6 Å². The normalized spacial score (nSPS) is 16.8. The summed E-state index contributed by atoms with van der Waals surface area (Å²) >= 11 is 0.920. The predicted octanol–water partition coefficient (Wildman–Crippen LogP) is 4.56. The Morgan fingerprint density at radius 1 is 1.24 bits per heavy atom. The molecule has 1 aliphatic rings. The van der Waals surface area contributed by atoms with Crippen LogP contribution in [0.25, 0.3) is 10.1 Å². The minimum absolute atomic E-state index is 0.0539. The number of aliphatic hydroxyl groups excluding tert-OH is 1. The molecule has 0 saturated carbocycles. The molecule has 3 aromatic rings. The van der Waals surface area contributed by atoms with E-state index in [2.05, 4.69) is 22.5 Å². The number of piperidine rings is 1. The molecular formula is C29H30F6N4O5S2. The second-order valence-corrected chi connectivity index (χ2v) is 13.2. The molecule has 0 aliphatic carbocycles. The van der Waals surface area contributed by atoms with Crippen molar-refractivity contribution in [1.29, 1.82) is 0 Å². The van der Waals surface area contributed by atoms with Gasteiger partial charge in [-0.2, -0.15) is 13.2 Å². The second kappa shape index (κ2) is 14.0. The number of amides is 1. The Labute approximate surface area is 265 Å². The Morgan fingerprint density at radius 3 is 2.63 bits per heavy atom. The number of nitrogens with one attached hydrogen (secondary N) is 3. The molecule has 2 aromatic carbocycles. The van der Waals surface area contributed by atoms with Gasteiger partial charge in [0.25, 0.3) is 15.9 Å². The smallest absolute Gasteiger partial charge is 0.393 e. The van der Waals surface area contributed by atoms with Gasteiger partial charge >= 0.3 is 6.18 Å². The molecule has 1 aliphatic heterocycles. The van der Waals surface area contributed by atoms with Crippen molar-refractivity contribution in [3.8, 4) is 17.6 Å². The highest BCUT2D eigenvalue weighted by atomic mass is 32.2. The highest BCUT2D eigenvalue weighted by molar-refractivity contribution is 7.90. The Morgan fingerprint density at radius 2 is 1.98 bits per heavy atom. The van der Waals surface area contributed by atoms with Gasteiger partial charge in [0.15, 0.2) is 0 Å². The molecular weight excluding hydrogens is 662 g/mol. The third-order valence-electron chi connectivity index (χ3n) is 6.84. The number of nitrogens with zero attached hydrogens (tertiary/aromatic N) is 1. The number of aliphatic hydroxyl groups is 1. The number of likely N-dealkylation sites (tertiary alicyclic amines) is 1. The Hall–Kier alpha value is -3.72. The minimum atomic E-state index is -4.59. The zero-order valence-corrected chi connectivity index (χ0v) is 26.2. The fraction of sp³-hybridized carbons (Fsp3) is 0.414. The van der Waals surface area contributed by atoms with Crippen LogP contribution in [-0.4, -0.2) is 82.4 Å². The first kappa shape index (κ1) is 35.1. The molecule has 0 spiro atoms. The van der Waals surface area contributed by atoms with Crippen LogP contribution in [0.3, 0.4) is 0 Å². The summed E-state index contributed by atoms with van der Waals surface area (Å²) in [5.74, 6) is -0.121. The van der Waals surface area contributed by atoms with Crippen molar-refractivity contribution in [2.24, 2.45) is 0 Å². The lowest BCUT2D eigenvalue weighted by Gasteiger charge is -2.37. The maximum absolute atomic E-state index is 14.8. The van der Waals surface area contributed by atoms with Gasteiger partial charge in [-0.05, 0) is 30.5 Å². The molecule has 4 N–H and O–H groups in total. The van der Waals surface area contributed by atoms with Crippen molar-refractivity contribution in [3.63, 3.8) is 0 Å². The van der Waals surface area contributed by atoms with E-state index in [0.29, 0.717) is 11.2 Å². The molecule has 9 nitrogen and oxygen atoms in total. The molecule has 1 saturated heterocycles. The molecule has 17 heteroatoms. The molecule has 4 rings (SSSR count). The number of fused-ring (bicyclic) bond motifs is 1. The third-order valence-corrected chi connectivity index (χ3v) is 9.48. The number of halogens is 6. The average molecular weight is 693 g/mol. The van der Waals surface area contributed by atoms with Crippen molar-refractivity contribution in [2.75, 3.05) is 50.5 Å². The van der Waals surface area contributed by atoms with Crippen LogP contribution in [0.2, 0.25) is 0 Å². The van der Waals surface area contributed by atoms with E-state index in [4.69, 9.17) is 9.84 Å². The zero-order chi connectivity index (χ0) is 33.9. The average Bonchev–Trinajstić information content (AvgIpc) is 3.27. The number of hydrogen-bond donors (Lipinski definition) is 4. The molecule has 1 amide bonds. The zero-order valence-electron chi connectivity index (χ0n) is 24.5. The number of alkyl halides is 5. The minimum Gasteiger partial charge on any atom is -0.489 e. The number of rotatable bonds is 10. The van der Waals surface area contributed by atoms with Gasteiger partial charge in [-0.3, -0.25) is 4.79 Å². The van der Waals surface area contributed by atoms with Gasteiger partial charge in [-0.1, -0.05) is 24.0 Å². The van der Waals surface area contributed by atoms with E-state index >= 15 is 0 Å². The number of thiophene rings is 1. The molecule has 46 heavy (non-hydrogen) atoms. The Bertz CT molecular complexity index is 1770. The first-order valence-electron chi connectivity index (χ1n) is 13.8. The van der Waals surface area contributed by atoms with Crippen molar-refractivity contribution in [1.82, 2.24) is 9.62 Å². The summed E-state index contributed by atoms with van der Waals surface area (Å²) in [5.41, 5.74) is 0.0607. The first-order chi connectivity index (χ1) is 21.5. The number of benzene rings is 2. The van der Waals surface area contributed by atoms with Crippen molar-refractivity contribution in [2.45, 2.75) is 42.8 Å². The summed E-state index contributed by atoms with van der Waals surface area (Å²) in [7, 11) is -3.00. The third kappa shape index (κ3) is 8.55. The van der Waals surface area contributed by atoms with Crippen LogP contribution >= 0.6 is 11.3 Å². The standard InChI is InChI=1S/C29H30F6N4O5S2/c1-17(41)38-46(42,43)25-14-23(44-12-11-40)22(13-20(25)30)36-9-4-7-24-19(15-29(33,34)35)18-5-3-6-21(27(18)45-24)37-26-8-10-39(2)16-28(26,31)32/h3,5-6,13-14,26,36-37,40H,8-12,15-16H2,1-2H3,(H,38,41). The summed E-state index contributed by atoms with van der Waals surface area (Å²) in [5, 5.41) is 14.9. The molecule has 2 heterocycles. The van der Waals surface area contributed by atoms with Crippen molar-refractivity contribution >= 4 is 48.7 Å². The van der Waals surface area contributed by atoms with Gasteiger partial charge in [0.05, 0.1) is 53.1 Å². The number of ether oxygens (including phenoxy) is 1. The summed E-state index contributed by atoms with van der Waals surface area (Å²) < 4.78 is 117. The summed E-state index contributed by atoms with van der Waals surface area (Å²) in [6.45, 7) is -0.146. The van der Waals surface area contributed by atoms with E-state index in [1.54, 1.807) is 11.8 Å². The molecule has 1 aromatic heterocycles. The summed E-state index contributed by atoms with van der Waals surface area (Å²) in [6.07, 6.45) is -5.78. The molecule has 0 bridgehead atoms. The van der Waals surface area contributed by atoms with E-state index in [-0.39, 0.29) is 52.5 Å². The molecule has 1 unspecified atom stereocenters. The van der Waals surface area contributed by atoms with Gasteiger partial charge in [-0.15, -0.1) is 11.3 Å². The summed E-state index contributed by atoms with van der Waals surface area (Å²) in [4.78, 5) is 11.9. The van der Waals surface area contributed by atoms with E-state index in [1.807, 2.05) is 0 Å². The number of carbonyl (C=O) groups is 1. The van der Waals surface area contributed by atoms with Crippen LogP contribution in [-0.2, 0) is 21.2 Å². The molecule has 0 radical (unpaired) electrons. The SMILES string of the molecule is CC(=O)NS(=O)(=O)c1cc(OCCO)c(NCC#Cc2sc3c(NC4CCN(C)CC4(F)F)cccc3c2CC(F)(F)F)cc1F. The van der Waals surface area contributed by atoms with Crippen LogP contribution in [0.15, 0.2) is 35.2 Å². The molecule has 1 fully saturated rings. The van der Waals surface area contributed by atoms with Gasteiger partial charge in [0.1, 0.15) is 23.1 Å². The van der Waals surface area contributed by atoms with Crippen molar-refractivity contribution < 1.29 is 49.4 Å². The van der Waals surface area contributed by atoms with Crippen LogP contribution < -0.4 is 20.1 Å². The fourth-order valence-corrected chi connectivity index (χ4v) is 7.14. The second-order valence-electron chi connectivity index (χ2n) is 10.5. The highest BCUT2D eigenvalue weighted by Gasteiger charge is 2.44. The Balaban J connectivity index is 1.64. The number of anilines is 2. The Kier molecular flexibility index (Phi) is 10.7. The number of sulfonamides is 1. The fourth-order valence-electron chi connectivity index (χ4n) is 4.90. The van der Waals surface area contributed by atoms with Crippen molar-refractivity contribution in [3.05, 3.63) is 46.6 Å². The largest absolute Gasteiger partial charge is 0.489 e. The first-order valence-corrected chi connectivity index (χ1v) is 16.1. The molecule has 250 valence electrons. The quantitative estimate of drug-likeness (QED) is 0.181. The maximum atomic E-state index is 14.8. The number of hydrogen-bond acceptors (Lipinski definition) is 9. The van der Waals surface area contributed by atoms with Gasteiger partial charge in [0.2, 0.25) is 5.91 Å². The van der Waals surface area contributed by atoms with Crippen LogP contribution in [0.1, 0.15) is 23.8 Å². The monoisotopic (exact) mass is 692 g/mol. The van der Waals surface area contributed by atoms with E-state index in [1.165, 1.54) is 23.1 Å². The van der Waals surface area contributed by atoms with Gasteiger partial charge in [0, 0.05) is 25.6 Å². The van der Waals surface area contributed by atoms with E-state index < -0.39 is 64.4 Å². The molecule has 1 atom stereocenters. The van der Waals surface area contributed by atoms with Gasteiger partial charge < -0.3 is 25.4 Å². The highest BCUT2D eigenvalue weighted by Crippen LogP contribution is 2.40. The van der Waals surface area contributed by atoms with Gasteiger partial charge in [-0.25, -0.2) is 26.3 Å². The summed E-state index contributed by atoms with van der Waals surface area (Å²) in [6, 6.07) is 4.85. The van der Waals surface area contributed by atoms with Crippen LogP contribution in [0.5, 0.6) is 5.75 Å².